The van der Waals surface area contributed by atoms with Gasteiger partial charge in [0.15, 0.2) is 5.78 Å². The quantitative estimate of drug-likeness (QED) is 0.742. The van der Waals surface area contributed by atoms with E-state index in [9.17, 15) is 4.79 Å². The molecule has 0 amide bonds. The lowest BCUT2D eigenvalue weighted by molar-refractivity contribution is 0.100. The number of rotatable bonds is 1. The van der Waals surface area contributed by atoms with Crippen LogP contribution in [0.4, 0.5) is 0 Å². The molecule has 2 aromatic rings. The first-order valence-electron chi connectivity index (χ1n) is 6.54. The molecule has 0 saturated carbocycles. The van der Waals surface area contributed by atoms with Gasteiger partial charge in [-0.3, -0.25) is 9.78 Å². The molecule has 1 aromatic heterocycles. The van der Waals surface area contributed by atoms with Gasteiger partial charge >= 0.3 is 0 Å². The van der Waals surface area contributed by atoms with Gasteiger partial charge in [-0.05, 0) is 48.7 Å². The molecule has 3 nitrogen and oxygen atoms in total. The minimum Gasteiger partial charge on any atom is -0.488 e. The number of ketones is 1. The summed E-state index contributed by atoms with van der Waals surface area (Å²) in [6.07, 6.45) is 5.29. The van der Waals surface area contributed by atoms with Gasteiger partial charge in [0.1, 0.15) is 12.4 Å². The van der Waals surface area contributed by atoms with Crippen molar-refractivity contribution in [2.75, 3.05) is 6.61 Å². The van der Waals surface area contributed by atoms with Crippen LogP contribution in [0.25, 0.3) is 6.08 Å². The summed E-state index contributed by atoms with van der Waals surface area (Å²) in [6, 6.07) is 7.69. The normalized spacial score (nSPS) is 15.9. The van der Waals surface area contributed by atoms with E-state index < -0.39 is 0 Å². The second-order valence-electron chi connectivity index (χ2n) is 5.03. The van der Waals surface area contributed by atoms with Crippen molar-refractivity contribution in [2.24, 2.45) is 0 Å². The monoisotopic (exact) mass is 265 g/mol. The van der Waals surface area contributed by atoms with E-state index in [0.29, 0.717) is 23.5 Å². The predicted octanol–water partition coefficient (Wildman–Crippen LogP) is 3.36. The predicted molar refractivity (Wildman–Crippen MR) is 78.0 cm³/mol. The van der Waals surface area contributed by atoms with E-state index in [4.69, 9.17) is 4.74 Å². The first-order valence-corrected chi connectivity index (χ1v) is 6.54. The molecule has 2 heterocycles. The Morgan fingerprint density at radius 3 is 2.90 bits per heavy atom. The Kier molecular flexibility index (Phi) is 3.11. The number of carbonyl (C=O) groups excluding carboxylic acids is 1. The summed E-state index contributed by atoms with van der Waals surface area (Å²) >= 11 is 0. The maximum Gasteiger partial charge on any atom is 0.196 e. The van der Waals surface area contributed by atoms with Gasteiger partial charge < -0.3 is 4.74 Å². The molecule has 3 rings (SSSR count). The van der Waals surface area contributed by atoms with Crippen LogP contribution in [0.3, 0.4) is 0 Å². The summed E-state index contributed by atoms with van der Waals surface area (Å²) in [5.74, 6) is 0.755. The SMILES string of the molecule is Cc1cc(C)c2c(c1)C(=O)C(=Cc1cccnc1)CO2. The largest absolute Gasteiger partial charge is 0.488 e. The highest BCUT2D eigenvalue weighted by molar-refractivity contribution is 6.14. The van der Waals surface area contributed by atoms with Crippen LogP contribution in [-0.2, 0) is 0 Å². The Labute approximate surface area is 117 Å². The molecule has 3 heteroatoms. The van der Waals surface area contributed by atoms with Crippen molar-refractivity contribution < 1.29 is 9.53 Å². The Morgan fingerprint density at radius 2 is 2.15 bits per heavy atom. The van der Waals surface area contributed by atoms with Gasteiger partial charge in [0.25, 0.3) is 0 Å². The van der Waals surface area contributed by atoms with E-state index in [0.717, 1.165) is 16.7 Å². The number of aryl methyl sites for hydroxylation is 2. The summed E-state index contributed by atoms with van der Waals surface area (Å²) in [6.45, 7) is 4.26. The highest BCUT2D eigenvalue weighted by atomic mass is 16.5. The molecule has 1 aliphatic heterocycles. The van der Waals surface area contributed by atoms with Gasteiger partial charge in [-0.25, -0.2) is 0 Å². The number of pyridine rings is 1. The fraction of sp³-hybridized carbons (Fsp3) is 0.176. The molecule has 20 heavy (non-hydrogen) atoms. The third-order valence-corrected chi connectivity index (χ3v) is 3.35. The third-order valence-electron chi connectivity index (χ3n) is 3.35. The maximum atomic E-state index is 12.6. The number of benzene rings is 1. The van der Waals surface area contributed by atoms with Crippen molar-refractivity contribution in [3.8, 4) is 5.75 Å². The minimum atomic E-state index is 0.0434. The Balaban J connectivity index is 2.03. The lowest BCUT2D eigenvalue weighted by atomic mass is 9.95. The Morgan fingerprint density at radius 1 is 1.30 bits per heavy atom. The molecule has 1 aromatic carbocycles. The maximum absolute atomic E-state index is 12.6. The van der Waals surface area contributed by atoms with Crippen molar-refractivity contribution >= 4 is 11.9 Å². The lowest BCUT2D eigenvalue weighted by Gasteiger charge is -2.21. The van der Waals surface area contributed by atoms with Gasteiger partial charge in [0.05, 0.1) is 5.56 Å². The molecule has 0 fully saturated rings. The standard InChI is InChI=1S/C17H15NO2/c1-11-6-12(2)17-15(7-11)16(19)14(10-20-17)8-13-4-3-5-18-9-13/h3-9H,10H2,1-2H3. The van der Waals surface area contributed by atoms with Crippen LogP contribution in [0, 0.1) is 13.8 Å². The van der Waals surface area contributed by atoms with Crippen molar-refractivity contribution in [3.05, 3.63) is 64.5 Å². The van der Waals surface area contributed by atoms with Crippen LogP contribution in [-0.4, -0.2) is 17.4 Å². The molecule has 0 saturated heterocycles. The average Bonchev–Trinajstić information content (AvgIpc) is 2.43. The molecule has 1 aliphatic rings. The fourth-order valence-electron chi connectivity index (χ4n) is 2.47. The molecular formula is C17H15NO2. The topological polar surface area (TPSA) is 39.2 Å². The molecule has 0 unspecified atom stereocenters. The summed E-state index contributed by atoms with van der Waals surface area (Å²) in [5.41, 5.74) is 4.31. The van der Waals surface area contributed by atoms with Crippen LogP contribution in [0.1, 0.15) is 27.0 Å². The first kappa shape index (κ1) is 12.6. The Hall–Kier alpha value is -2.42. The van der Waals surface area contributed by atoms with E-state index in [1.807, 2.05) is 44.2 Å². The van der Waals surface area contributed by atoms with Crippen LogP contribution < -0.4 is 4.74 Å². The van der Waals surface area contributed by atoms with E-state index in [1.54, 1.807) is 12.4 Å². The zero-order valence-corrected chi connectivity index (χ0v) is 11.5. The number of nitrogens with zero attached hydrogens (tertiary/aromatic N) is 1. The lowest BCUT2D eigenvalue weighted by Crippen LogP contribution is -2.20. The van der Waals surface area contributed by atoms with Crippen LogP contribution in [0.15, 0.2) is 42.2 Å². The second kappa shape index (κ2) is 4.93. The molecule has 0 bridgehead atoms. The van der Waals surface area contributed by atoms with Crippen molar-refractivity contribution in [1.29, 1.82) is 0 Å². The van der Waals surface area contributed by atoms with Gasteiger partial charge in [-0.15, -0.1) is 0 Å². The summed E-state index contributed by atoms with van der Waals surface area (Å²) in [7, 11) is 0. The smallest absolute Gasteiger partial charge is 0.196 e. The number of hydrogen-bond donors (Lipinski definition) is 0. The van der Waals surface area contributed by atoms with Gasteiger partial charge in [0, 0.05) is 18.0 Å². The van der Waals surface area contributed by atoms with Crippen LogP contribution >= 0.6 is 0 Å². The molecule has 0 aliphatic carbocycles. The summed E-state index contributed by atoms with van der Waals surface area (Å²) in [4.78, 5) is 16.6. The number of hydrogen-bond acceptors (Lipinski definition) is 3. The highest BCUT2D eigenvalue weighted by Crippen LogP contribution is 2.32. The fourth-order valence-corrected chi connectivity index (χ4v) is 2.47. The molecule has 0 N–H and O–H groups in total. The summed E-state index contributed by atoms with van der Waals surface area (Å²) < 4.78 is 5.75. The molecule has 100 valence electrons. The average molecular weight is 265 g/mol. The number of Topliss-reactive ketones (excluding diaryl/α,β-unsaturated/α-hetero) is 1. The molecule has 0 radical (unpaired) electrons. The minimum absolute atomic E-state index is 0.0434. The van der Waals surface area contributed by atoms with Gasteiger partial charge in [-0.2, -0.15) is 0 Å². The Bertz CT molecular complexity index is 702. The third kappa shape index (κ3) is 2.23. The van der Waals surface area contributed by atoms with Crippen molar-refractivity contribution in [1.82, 2.24) is 4.98 Å². The van der Waals surface area contributed by atoms with Crippen molar-refractivity contribution in [3.63, 3.8) is 0 Å². The molecule has 0 spiro atoms. The number of fused-ring (bicyclic) bond motifs is 1. The van der Waals surface area contributed by atoms with Crippen molar-refractivity contribution in [2.45, 2.75) is 13.8 Å². The molecular weight excluding hydrogens is 250 g/mol. The molecule has 0 atom stereocenters. The first-order chi connectivity index (χ1) is 9.65. The van der Waals surface area contributed by atoms with Gasteiger partial charge in [-0.1, -0.05) is 12.1 Å². The van der Waals surface area contributed by atoms with E-state index >= 15 is 0 Å². The highest BCUT2D eigenvalue weighted by Gasteiger charge is 2.24. The number of aromatic nitrogens is 1. The summed E-state index contributed by atoms with van der Waals surface area (Å²) in [5, 5.41) is 0. The second-order valence-corrected chi connectivity index (χ2v) is 5.03. The van der Waals surface area contributed by atoms with Gasteiger partial charge in [0.2, 0.25) is 0 Å². The zero-order valence-electron chi connectivity index (χ0n) is 11.5. The van der Waals surface area contributed by atoms with E-state index in [2.05, 4.69) is 4.98 Å². The van der Waals surface area contributed by atoms with Crippen LogP contribution in [0.2, 0.25) is 0 Å². The number of ether oxygens (including phenoxy) is 1. The van der Waals surface area contributed by atoms with E-state index in [1.165, 1.54) is 0 Å². The zero-order chi connectivity index (χ0) is 14.1. The van der Waals surface area contributed by atoms with E-state index in [-0.39, 0.29) is 5.78 Å². The van der Waals surface area contributed by atoms with Crippen LogP contribution in [0.5, 0.6) is 5.75 Å². The number of carbonyl (C=O) groups is 1.